The Balaban J connectivity index is 0.00000312. The van der Waals surface area contributed by atoms with Crippen LogP contribution in [0, 0.1) is 27.7 Å². The quantitative estimate of drug-likeness (QED) is 0.758. The monoisotopic (exact) mass is 390 g/mol. The Morgan fingerprint density at radius 1 is 1.12 bits per heavy atom. The number of rotatable bonds is 6. The first-order valence-electron chi connectivity index (χ1n) is 8.68. The second-order valence-corrected chi connectivity index (χ2v) is 8.58. The normalized spacial score (nSPS) is 16.7. The van der Waals surface area contributed by atoms with Crippen molar-refractivity contribution in [1.82, 2.24) is 4.31 Å². The molecule has 0 aliphatic carbocycles. The number of halogens is 1. The molecule has 7 heteroatoms. The van der Waals surface area contributed by atoms with Crippen molar-refractivity contribution >= 4 is 22.4 Å². The molecule has 5 nitrogen and oxygen atoms in total. The minimum absolute atomic E-state index is 0. The minimum atomic E-state index is -3.46. The topological polar surface area (TPSA) is 72.6 Å². The highest BCUT2D eigenvalue weighted by Crippen LogP contribution is 2.30. The van der Waals surface area contributed by atoms with Crippen molar-refractivity contribution in [1.29, 1.82) is 0 Å². The van der Waals surface area contributed by atoms with Gasteiger partial charge >= 0.3 is 0 Å². The van der Waals surface area contributed by atoms with Crippen molar-refractivity contribution in [2.24, 2.45) is 5.73 Å². The Morgan fingerprint density at radius 2 is 1.64 bits per heavy atom. The second kappa shape index (κ2) is 9.33. The van der Waals surface area contributed by atoms with E-state index in [-0.39, 0.29) is 18.5 Å². The lowest BCUT2D eigenvalue weighted by Gasteiger charge is -2.32. The predicted octanol–water partition coefficient (Wildman–Crippen LogP) is 2.86. The number of aryl methyl sites for hydroxylation is 2. The zero-order valence-electron chi connectivity index (χ0n) is 15.7. The van der Waals surface area contributed by atoms with Crippen molar-refractivity contribution in [2.75, 3.05) is 26.2 Å². The van der Waals surface area contributed by atoms with Crippen LogP contribution in [0.1, 0.15) is 41.5 Å². The molecule has 144 valence electrons. The SMILES string of the molecule is Cc1cc(C)c(C)c(S(=O)(=O)N2CCC(OCCCN)CC2)c1C.Cl. The Labute approximate surface area is 158 Å². The summed E-state index contributed by atoms with van der Waals surface area (Å²) in [5, 5.41) is 0. The molecule has 25 heavy (non-hydrogen) atoms. The lowest BCUT2D eigenvalue weighted by Crippen LogP contribution is -2.41. The first-order chi connectivity index (χ1) is 11.3. The fraction of sp³-hybridized carbons (Fsp3) is 0.667. The van der Waals surface area contributed by atoms with Gasteiger partial charge in [0.25, 0.3) is 0 Å². The van der Waals surface area contributed by atoms with Gasteiger partial charge in [0.2, 0.25) is 10.0 Å². The maximum Gasteiger partial charge on any atom is 0.243 e. The lowest BCUT2D eigenvalue weighted by molar-refractivity contribution is 0.0209. The van der Waals surface area contributed by atoms with Gasteiger partial charge in [0, 0.05) is 19.7 Å². The van der Waals surface area contributed by atoms with Crippen LogP contribution in [0.15, 0.2) is 11.0 Å². The molecule has 0 bridgehead atoms. The molecule has 1 fully saturated rings. The molecule has 2 N–H and O–H groups in total. The van der Waals surface area contributed by atoms with Gasteiger partial charge in [0.05, 0.1) is 11.0 Å². The number of sulfonamides is 1. The fourth-order valence-corrected chi connectivity index (χ4v) is 5.31. The van der Waals surface area contributed by atoms with E-state index in [9.17, 15) is 8.42 Å². The van der Waals surface area contributed by atoms with Gasteiger partial charge in [-0.1, -0.05) is 6.07 Å². The highest BCUT2D eigenvalue weighted by Gasteiger charge is 2.32. The number of ether oxygens (including phenoxy) is 1. The minimum Gasteiger partial charge on any atom is -0.378 e. The van der Waals surface area contributed by atoms with Crippen LogP contribution in [-0.2, 0) is 14.8 Å². The van der Waals surface area contributed by atoms with E-state index in [4.69, 9.17) is 10.5 Å². The number of benzene rings is 1. The molecule has 1 saturated heterocycles. The Bertz CT molecular complexity index is 658. The molecule has 0 unspecified atom stereocenters. The summed E-state index contributed by atoms with van der Waals surface area (Å²) >= 11 is 0. The van der Waals surface area contributed by atoms with Gasteiger partial charge in [-0.05, 0) is 75.8 Å². The maximum atomic E-state index is 13.2. The predicted molar refractivity (Wildman–Crippen MR) is 104 cm³/mol. The van der Waals surface area contributed by atoms with E-state index in [1.54, 1.807) is 4.31 Å². The van der Waals surface area contributed by atoms with Gasteiger partial charge in [0.15, 0.2) is 0 Å². The molecular formula is C18H31ClN2O3S. The Kier molecular flexibility index (Phi) is 8.35. The first-order valence-corrected chi connectivity index (χ1v) is 10.1. The summed E-state index contributed by atoms with van der Waals surface area (Å²) in [5.41, 5.74) is 9.24. The number of nitrogens with zero attached hydrogens (tertiary/aromatic N) is 1. The summed E-state index contributed by atoms with van der Waals surface area (Å²) in [6.07, 6.45) is 2.48. The van der Waals surface area contributed by atoms with Gasteiger partial charge < -0.3 is 10.5 Å². The number of piperidine rings is 1. The second-order valence-electron chi connectivity index (χ2n) is 6.71. The third-order valence-electron chi connectivity index (χ3n) is 5.00. The molecular weight excluding hydrogens is 360 g/mol. The van der Waals surface area contributed by atoms with Crippen LogP contribution in [0.3, 0.4) is 0 Å². The summed E-state index contributed by atoms with van der Waals surface area (Å²) < 4.78 is 33.7. The summed E-state index contributed by atoms with van der Waals surface area (Å²) in [7, 11) is -3.46. The zero-order valence-corrected chi connectivity index (χ0v) is 17.3. The van der Waals surface area contributed by atoms with E-state index in [1.165, 1.54) is 0 Å². The van der Waals surface area contributed by atoms with E-state index in [1.807, 2.05) is 27.7 Å². The summed E-state index contributed by atoms with van der Waals surface area (Å²) in [6.45, 7) is 10.1. The molecule has 0 radical (unpaired) electrons. The van der Waals surface area contributed by atoms with Crippen LogP contribution >= 0.6 is 12.4 Å². The van der Waals surface area contributed by atoms with E-state index >= 15 is 0 Å². The van der Waals surface area contributed by atoms with Gasteiger partial charge in [-0.25, -0.2) is 8.42 Å². The van der Waals surface area contributed by atoms with E-state index in [0.29, 0.717) is 31.1 Å². The summed E-state index contributed by atoms with van der Waals surface area (Å²) in [4.78, 5) is 0.488. The molecule has 1 aliphatic heterocycles. The summed E-state index contributed by atoms with van der Waals surface area (Å²) in [6, 6.07) is 2.06. The standard InChI is InChI=1S/C18H30N2O3S.ClH/c1-13-12-14(2)16(4)18(15(13)3)24(21,22)20-9-6-17(7-10-20)23-11-5-8-19;/h12,17H,5-11,19H2,1-4H3;1H. The fourth-order valence-electron chi connectivity index (χ4n) is 3.27. The molecule has 0 aromatic heterocycles. The number of hydrogen-bond donors (Lipinski definition) is 1. The molecule has 0 spiro atoms. The molecule has 0 saturated carbocycles. The van der Waals surface area contributed by atoms with Gasteiger partial charge in [-0.2, -0.15) is 4.31 Å². The van der Waals surface area contributed by atoms with Crippen LogP contribution in [0.4, 0.5) is 0 Å². The van der Waals surface area contributed by atoms with Crippen LogP contribution < -0.4 is 5.73 Å². The van der Waals surface area contributed by atoms with E-state index in [0.717, 1.165) is 41.5 Å². The van der Waals surface area contributed by atoms with Crippen LogP contribution in [0.5, 0.6) is 0 Å². The van der Waals surface area contributed by atoms with Crippen molar-refractivity contribution in [3.05, 3.63) is 28.3 Å². The smallest absolute Gasteiger partial charge is 0.243 e. The number of nitrogens with two attached hydrogens (primary N) is 1. The molecule has 1 aromatic rings. The third-order valence-corrected chi connectivity index (χ3v) is 7.17. The third kappa shape index (κ3) is 4.95. The highest BCUT2D eigenvalue weighted by molar-refractivity contribution is 7.89. The van der Waals surface area contributed by atoms with Gasteiger partial charge in [-0.3, -0.25) is 0 Å². The molecule has 2 rings (SSSR count). The molecule has 0 amide bonds. The van der Waals surface area contributed by atoms with Crippen molar-refractivity contribution in [2.45, 2.75) is 58.0 Å². The molecule has 1 aromatic carbocycles. The molecule has 1 heterocycles. The molecule has 0 atom stereocenters. The van der Waals surface area contributed by atoms with Crippen molar-refractivity contribution in [3.63, 3.8) is 0 Å². The highest BCUT2D eigenvalue weighted by atomic mass is 35.5. The van der Waals surface area contributed by atoms with Gasteiger partial charge in [-0.15, -0.1) is 12.4 Å². The van der Waals surface area contributed by atoms with Crippen molar-refractivity contribution < 1.29 is 13.2 Å². The Hall–Kier alpha value is -0.660. The molecule has 1 aliphatic rings. The lowest BCUT2D eigenvalue weighted by atomic mass is 10.0. The van der Waals surface area contributed by atoms with E-state index in [2.05, 4.69) is 6.07 Å². The average Bonchev–Trinajstić information content (AvgIpc) is 2.54. The van der Waals surface area contributed by atoms with Crippen LogP contribution in [-0.4, -0.2) is 45.1 Å². The number of hydrogen-bond acceptors (Lipinski definition) is 4. The van der Waals surface area contributed by atoms with Crippen LogP contribution in [0.25, 0.3) is 0 Å². The maximum absolute atomic E-state index is 13.2. The zero-order chi connectivity index (χ0) is 17.9. The Morgan fingerprint density at radius 3 is 2.12 bits per heavy atom. The van der Waals surface area contributed by atoms with Crippen LogP contribution in [0.2, 0.25) is 0 Å². The first kappa shape index (κ1) is 22.4. The van der Waals surface area contributed by atoms with Crippen molar-refractivity contribution in [3.8, 4) is 0 Å². The summed E-state index contributed by atoms with van der Waals surface area (Å²) in [5.74, 6) is 0. The van der Waals surface area contributed by atoms with E-state index < -0.39 is 10.0 Å². The largest absolute Gasteiger partial charge is 0.378 e. The van der Waals surface area contributed by atoms with Gasteiger partial charge in [0.1, 0.15) is 0 Å². The average molecular weight is 391 g/mol.